The smallest absolute Gasteiger partial charge is 0.315 e. The summed E-state index contributed by atoms with van der Waals surface area (Å²) in [4.78, 5) is 34.0. The highest BCUT2D eigenvalue weighted by Gasteiger charge is 2.13. The molecule has 1 unspecified atom stereocenters. The Hall–Kier alpha value is -3.13. The van der Waals surface area contributed by atoms with Gasteiger partial charge in [-0.3, -0.25) is 14.9 Å². The number of nitro benzene ring substituents is 1. The topological polar surface area (TPSA) is 113 Å². The zero-order chi connectivity index (χ0) is 19.1. The van der Waals surface area contributed by atoms with Crippen molar-refractivity contribution < 1.29 is 14.5 Å². The minimum Gasteiger partial charge on any atom is -0.332 e. The van der Waals surface area contributed by atoms with Gasteiger partial charge in [-0.05, 0) is 36.8 Å². The highest BCUT2D eigenvalue weighted by molar-refractivity contribution is 6.30. The molecular formula is C17H17ClN4O4. The van der Waals surface area contributed by atoms with Gasteiger partial charge in [-0.2, -0.15) is 0 Å². The van der Waals surface area contributed by atoms with E-state index in [1.54, 1.807) is 43.3 Å². The molecule has 3 amide bonds. The maximum Gasteiger partial charge on any atom is 0.315 e. The maximum atomic E-state index is 11.9. The highest BCUT2D eigenvalue weighted by Crippen LogP contribution is 2.18. The number of anilines is 1. The number of non-ortho nitro benzene ring substituents is 1. The van der Waals surface area contributed by atoms with E-state index in [-0.39, 0.29) is 12.2 Å². The van der Waals surface area contributed by atoms with Crippen LogP contribution in [0.4, 0.5) is 16.2 Å². The average molecular weight is 377 g/mol. The molecule has 26 heavy (non-hydrogen) atoms. The van der Waals surface area contributed by atoms with Gasteiger partial charge in [0.1, 0.15) is 0 Å². The van der Waals surface area contributed by atoms with Crippen LogP contribution in [-0.4, -0.2) is 23.4 Å². The van der Waals surface area contributed by atoms with Gasteiger partial charge in [-0.15, -0.1) is 0 Å². The van der Waals surface area contributed by atoms with Gasteiger partial charge in [-0.25, -0.2) is 4.79 Å². The van der Waals surface area contributed by atoms with Crippen LogP contribution in [0.5, 0.6) is 0 Å². The summed E-state index contributed by atoms with van der Waals surface area (Å²) < 4.78 is 0. The maximum absolute atomic E-state index is 11.9. The lowest BCUT2D eigenvalue weighted by Crippen LogP contribution is -2.41. The summed E-state index contributed by atoms with van der Waals surface area (Å²) in [5, 5.41) is 19.0. The number of carbonyl (C=O) groups is 2. The van der Waals surface area contributed by atoms with Crippen molar-refractivity contribution in [1.29, 1.82) is 0 Å². The molecule has 2 aromatic carbocycles. The second kappa shape index (κ2) is 8.82. The van der Waals surface area contributed by atoms with Crippen molar-refractivity contribution in [1.82, 2.24) is 10.6 Å². The number of hydrogen-bond donors (Lipinski definition) is 3. The molecule has 0 aromatic heterocycles. The molecule has 1 atom stereocenters. The second-order valence-electron chi connectivity index (χ2n) is 5.46. The summed E-state index contributed by atoms with van der Waals surface area (Å²) in [6.07, 6.45) is 0. The van der Waals surface area contributed by atoms with Gasteiger partial charge in [0, 0.05) is 22.8 Å². The molecule has 0 aliphatic heterocycles. The van der Waals surface area contributed by atoms with Crippen LogP contribution in [0.3, 0.4) is 0 Å². The third-order valence-corrected chi connectivity index (χ3v) is 3.72. The SMILES string of the molecule is CC(NC(=O)NCC(=O)Nc1ccc(Cl)cc1)c1cccc([N+](=O)[O-])c1. The number of nitro groups is 1. The van der Waals surface area contributed by atoms with Crippen LogP contribution in [0, 0.1) is 10.1 Å². The van der Waals surface area contributed by atoms with Gasteiger partial charge >= 0.3 is 6.03 Å². The lowest BCUT2D eigenvalue weighted by molar-refractivity contribution is -0.384. The first-order chi connectivity index (χ1) is 12.3. The molecule has 136 valence electrons. The first kappa shape index (κ1) is 19.2. The Morgan fingerprint density at radius 2 is 1.88 bits per heavy atom. The fourth-order valence-corrected chi connectivity index (χ4v) is 2.26. The van der Waals surface area contributed by atoms with E-state index < -0.39 is 22.9 Å². The van der Waals surface area contributed by atoms with Crippen LogP contribution in [0.1, 0.15) is 18.5 Å². The second-order valence-corrected chi connectivity index (χ2v) is 5.89. The molecule has 0 fully saturated rings. The van der Waals surface area contributed by atoms with Gasteiger partial charge in [0.2, 0.25) is 5.91 Å². The summed E-state index contributed by atoms with van der Waals surface area (Å²) >= 11 is 5.76. The molecule has 9 heteroatoms. The fourth-order valence-electron chi connectivity index (χ4n) is 2.14. The van der Waals surface area contributed by atoms with Crippen LogP contribution in [0.25, 0.3) is 0 Å². The zero-order valence-electron chi connectivity index (χ0n) is 13.9. The van der Waals surface area contributed by atoms with Crippen molar-refractivity contribution in [2.24, 2.45) is 0 Å². The van der Waals surface area contributed by atoms with Crippen LogP contribution in [-0.2, 0) is 4.79 Å². The van der Waals surface area contributed by atoms with E-state index in [2.05, 4.69) is 16.0 Å². The Balaban J connectivity index is 1.82. The number of nitrogens with one attached hydrogen (secondary N) is 3. The summed E-state index contributed by atoms with van der Waals surface area (Å²) in [7, 11) is 0. The van der Waals surface area contributed by atoms with Crippen LogP contribution >= 0.6 is 11.6 Å². The van der Waals surface area contributed by atoms with E-state index in [0.717, 1.165) is 0 Å². The van der Waals surface area contributed by atoms with Gasteiger partial charge in [0.05, 0.1) is 17.5 Å². The van der Waals surface area contributed by atoms with Gasteiger partial charge in [0.25, 0.3) is 5.69 Å². The van der Waals surface area contributed by atoms with Crippen molar-refractivity contribution >= 4 is 34.9 Å². The largest absolute Gasteiger partial charge is 0.332 e. The van der Waals surface area contributed by atoms with E-state index in [1.165, 1.54) is 12.1 Å². The van der Waals surface area contributed by atoms with Gasteiger partial charge in [-0.1, -0.05) is 23.7 Å². The number of urea groups is 1. The third kappa shape index (κ3) is 5.75. The molecule has 3 N–H and O–H groups in total. The normalized spacial score (nSPS) is 11.3. The van der Waals surface area contributed by atoms with Crippen LogP contribution < -0.4 is 16.0 Å². The number of rotatable bonds is 6. The molecular weight excluding hydrogens is 360 g/mol. The van der Waals surface area contributed by atoms with Crippen LogP contribution in [0.2, 0.25) is 5.02 Å². The Bertz CT molecular complexity index is 811. The molecule has 0 radical (unpaired) electrons. The Morgan fingerprint density at radius 3 is 2.54 bits per heavy atom. The number of nitrogens with zero attached hydrogens (tertiary/aromatic N) is 1. The fraction of sp³-hybridized carbons (Fsp3) is 0.176. The molecule has 0 saturated heterocycles. The first-order valence-corrected chi connectivity index (χ1v) is 8.07. The van der Waals surface area contributed by atoms with E-state index in [0.29, 0.717) is 16.3 Å². The predicted molar refractivity (Wildman–Crippen MR) is 98.1 cm³/mol. The molecule has 0 bridgehead atoms. The molecule has 0 aliphatic carbocycles. The van der Waals surface area contributed by atoms with E-state index in [9.17, 15) is 19.7 Å². The van der Waals surface area contributed by atoms with Crippen molar-refractivity contribution in [2.45, 2.75) is 13.0 Å². The van der Waals surface area contributed by atoms with E-state index >= 15 is 0 Å². The lowest BCUT2D eigenvalue weighted by Gasteiger charge is -2.15. The standard InChI is InChI=1S/C17H17ClN4O4/c1-11(12-3-2-4-15(9-12)22(25)26)20-17(24)19-10-16(23)21-14-7-5-13(18)6-8-14/h2-9,11H,10H2,1H3,(H,21,23)(H2,19,20,24). The number of benzene rings is 2. The molecule has 0 heterocycles. The van der Waals surface area contributed by atoms with Gasteiger partial charge in [0.15, 0.2) is 0 Å². The number of hydrogen-bond acceptors (Lipinski definition) is 4. The summed E-state index contributed by atoms with van der Waals surface area (Å²) in [5.41, 5.74) is 1.09. The zero-order valence-corrected chi connectivity index (χ0v) is 14.6. The Labute approximate surface area is 154 Å². The molecule has 0 saturated carbocycles. The Kier molecular flexibility index (Phi) is 6.51. The summed E-state index contributed by atoms with van der Waals surface area (Å²) in [6, 6.07) is 11.5. The summed E-state index contributed by atoms with van der Waals surface area (Å²) in [6.45, 7) is 1.46. The summed E-state index contributed by atoms with van der Waals surface area (Å²) in [5.74, 6) is -0.398. The Morgan fingerprint density at radius 1 is 1.19 bits per heavy atom. The number of amides is 3. The molecule has 2 rings (SSSR count). The molecule has 0 spiro atoms. The predicted octanol–water partition coefficient (Wildman–Crippen LogP) is 3.25. The quantitative estimate of drug-likeness (QED) is 0.530. The van der Waals surface area contributed by atoms with E-state index in [1.807, 2.05) is 0 Å². The third-order valence-electron chi connectivity index (χ3n) is 3.47. The number of carbonyl (C=O) groups excluding carboxylic acids is 2. The van der Waals surface area contributed by atoms with Crippen molar-refractivity contribution in [3.05, 3.63) is 69.2 Å². The van der Waals surface area contributed by atoms with Crippen LogP contribution in [0.15, 0.2) is 48.5 Å². The van der Waals surface area contributed by atoms with Crippen molar-refractivity contribution in [3.8, 4) is 0 Å². The molecule has 8 nitrogen and oxygen atoms in total. The molecule has 0 aliphatic rings. The van der Waals surface area contributed by atoms with Gasteiger partial charge < -0.3 is 16.0 Å². The van der Waals surface area contributed by atoms with E-state index in [4.69, 9.17) is 11.6 Å². The lowest BCUT2D eigenvalue weighted by atomic mass is 10.1. The minimum absolute atomic E-state index is 0.0566. The highest BCUT2D eigenvalue weighted by atomic mass is 35.5. The average Bonchev–Trinajstić information content (AvgIpc) is 2.62. The minimum atomic E-state index is -0.560. The number of halogens is 1. The monoisotopic (exact) mass is 376 g/mol. The van der Waals surface area contributed by atoms with Crippen molar-refractivity contribution in [3.63, 3.8) is 0 Å². The first-order valence-electron chi connectivity index (χ1n) is 7.69. The van der Waals surface area contributed by atoms with Crippen molar-refractivity contribution in [2.75, 3.05) is 11.9 Å². The molecule has 2 aromatic rings.